The van der Waals surface area contributed by atoms with Crippen molar-refractivity contribution in [3.8, 4) is 0 Å². The van der Waals surface area contributed by atoms with Crippen molar-refractivity contribution < 1.29 is 0 Å². The first kappa shape index (κ1) is 29.5. The van der Waals surface area contributed by atoms with Gasteiger partial charge in [0, 0.05) is 22.2 Å². The van der Waals surface area contributed by atoms with Gasteiger partial charge in [-0.25, -0.2) is 0 Å². The van der Waals surface area contributed by atoms with E-state index in [0.29, 0.717) is 0 Å². The van der Waals surface area contributed by atoms with E-state index in [9.17, 15) is 0 Å². The smallest absolute Gasteiger partial charge is 0.112 e. The molecule has 6 aromatic carbocycles. The summed E-state index contributed by atoms with van der Waals surface area (Å²) in [6.45, 7) is 14.6. The second-order valence-corrected chi connectivity index (χ2v) is 19.1. The lowest BCUT2D eigenvalue weighted by molar-refractivity contribution is 0.632. The maximum Gasteiger partial charge on any atom is 0.112 e. The summed E-state index contributed by atoms with van der Waals surface area (Å²) in [7, 11) is -2.12. The number of nitrogens with zero attached hydrogens (tertiary/aromatic N) is 2. The Hall–Kier alpha value is -4.86. The van der Waals surface area contributed by atoms with Crippen molar-refractivity contribution in [2.24, 2.45) is 0 Å². The van der Waals surface area contributed by atoms with E-state index >= 15 is 0 Å². The van der Waals surface area contributed by atoms with Gasteiger partial charge < -0.3 is 9.80 Å². The number of hydrogen-bond donors (Lipinski definition) is 0. The van der Waals surface area contributed by atoms with Gasteiger partial charge in [0.25, 0.3) is 0 Å². The Morgan fingerprint density at radius 2 is 0.723 bits per heavy atom. The summed E-state index contributed by atoms with van der Waals surface area (Å²) in [5.41, 5.74) is 12.7. The molecule has 0 bridgehead atoms. The molecule has 0 saturated carbocycles. The minimum absolute atomic E-state index is 0.130. The van der Waals surface area contributed by atoms with Crippen LogP contribution >= 0.6 is 0 Å². The highest BCUT2D eigenvalue weighted by molar-refractivity contribution is 7.00. The van der Waals surface area contributed by atoms with Crippen LogP contribution in [0.2, 0.25) is 13.1 Å². The molecule has 2 heterocycles. The Bertz CT molecular complexity index is 1980. The minimum atomic E-state index is -2.12. The second kappa shape index (κ2) is 10.6. The third-order valence-corrected chi connectivity index (χ3v) is 14.4. The van der Waals surface area contributed by atoms with Crippen LogP contribution in [0.15, 0.2) is 146 Å². The predicted molar refractivity (Wildman–Crippen MR) is 203 cm³/mol. The van der Waals surface area contributed by atoms with E-state index in [0.717, 1.165) is 0 Å². The zero-order valence-corrected chi connectivity index (χ0v) is 29.3. The van der Waals surface area contributed by atoms with Crippen molar-refractivity contribution in [1.82, 2.24) is 0 Å². The van der Waals surface area contributed by atoms with Crippen LogP contribution < -0.4 is 20.2 Å². The standard InChI is InChI=1S/C44H42N2Si/c1-43(2)35-21-13-15-23-39(35)45(31-17-9-7-10-18-31)41-27-25-33(29-37(41)43)47(5,6)34-26-28-42-38(30-34)44(3,4)36-22-14-16-24-40(36)46(42)32-19-11-8-12-20-32/h7-30H,1-6H3. The molecule has 0 aliphatic carbocycles. The summed E-state index contributed by atoms with van der Waals surface area (Å²) in [6.07, 6.45) is 0. The quantitative estimate of drug-likeness (QED) is 0.180. The molecule has 0 amide bonds. The van der Waals surface area contributed by atoms with Crippen molar-refractivity contribution >= 4 is 52.6 Å². The SMILES string of the molecule is CC1(C)c2ccccc2N(c2ccccc2)c2ccc([Si](C)(C)c3ccc4c(c3)C(C)(C)c3ccccc3N4c3ccccc3)cc21. The van der Waals surface area contributed by atoms with Crippen LogP contribution in [0.5, 0.6) is 0 Å². The Balaban J connectivity index is 1.27. The van der Waals surface area contributed by atoms with Gasteiger partial charge in [-0.2, -0.15) is 0 Å². The molecule has 0 unspecified atom stereocenters. The maximum absolute atomic E-state index is 2.55. The van der Waals surface area contributed by atoms with Crippen LogP contribution in [0.3, 0.4) is 0 Å². The topological polar surface area (TPSA) is 6.48 Å². The highest BCUT2D eigenvalue weighted by atomic mass is 28.3. The van der Waals surface area contributed by atoms with Gasteiger partial charge >= 0.3 is 0 Å². The van der Waals surface area contributed by atoms with Gasteiger partial charge in [0.2, 0.25) is 0 Å². The molecule has 47 heavy (non-hydrogen) atoms. The molecule has 2 aliphatic rings. The summed E-state index contributed by atoms with van der Waals surface area (Å²) in [4.78, 5) is 4.90. The number of anilines is 6. The van der Waals surface area contributed by atoms with E-state index in [2.05, 4.69) is 196 Å². The van der Waals surface area contributed by atoms with E-state index in [4.69, 9.17) is 0 Å². The molecule has 8 rings (SSSR count). The van der Waals surface area contributed by atoms with Gasteiger partial charge in [-0.05, 0) is 70.8 Å². The van der Waals surface area contributed by atoms with Crippen molar-refractivity contribution in [1.29, 1.82) is 0 Å². The van der Waals surface area contributed by atoms with Gasteiger partial charge in [-0.3, -0.25) is 0 Å². The largest absolute Gasteiger partial charge is 0.310 e. The zero-order valence-electron chi connectivity index (χ0n) is 28.3. The molecular weight excluding hydrogens is 585 g/mol. The molecule has 2 nitrogen and oxygen atoms in total. The van der Waals surface area contributed by atoms with Crippen molar-refractivity contribution in [2.75, 3.05) is 9.80 Å². The number of hydrogen-bond acceptors (Lipinski definition) is 2. The van der Waals surface area contributed by atoms with E-state index in [1.807, 2.05) is 0 Å². The molecule has 0 radical (unpaired) electrons. The zero-order chi connectivity index (χ0) is 32.6. The normalized spacial score (nSPS) is 15.7. The molecule has 2 aliphatic heterocycles. The third kappa shape index (κ3) is 4.44. The van der Waals surface area contributed by atoms with Crippen LogP contribution in [-0.2, 0) is 10.8 Å². The van der Waals surface area contributed by atoms with Gasteiger partial charge in [-0.15, -0.1) is 0 Å². The van der Waals surface area contributed by atoms with Gasteiger partial charge in [0.05, 0.1) is 22.7 Å². The van der Waals surface area contributed by atoms with E-state index < -0.39 is 8.07 Å². The maximum atomic E-state index is 2.55. The summed E-state index contributed by atoms with van der Waals surface area (Å²) in [5.74, 6) is 0. The predicted octanol–water partition coefficient (Wildman–Crippen LogP) is 10.7. The van der Waals surface area contributed by atoms with Crippen molar-refractivity contribution in [2.45, 2.75) is 51.6 Å². The van der Waals surface area contributed by atoms with Gasteiger partial charge in [-0.1, -0.05) is 148 Å². The van der Waals surface area contributed by atoms with Gasteiger partial charge in [0.1, 0.15) is 8.07 Å². The lowest BCUT2D eigenvalue weighted by Crippen LogP contribution is -2.54. The minimum Gasteiger partial charge on any atom is -0.310 e. The molecule has 0 fully saturated rings. The van der Waals surface area contributed by atoms with E-state index in [1.165, 1.54) is 66.8 Å². The summed E-state index contributed by atoms with van der Waals surface area (Å²) in [6, 6.07) is 54.2. The number of benzene rings is 6. The Morgan fingerprint density at radius 3 is 1.13 bits per heavy atom. The lowest BCUT2D eigenvalue weighted by atomic mass is 9.73. The molecule has 6 aromatic rings. The van der Waals surface area contributed by atoms with Gasteiger partial charge in [0.15, 0.2) is 0 Å². The number of fused-ring (bicyclic) bond motifs is 4. The first-order chi connectivity index (χ1) is 22.6. The van der Waals surface area contributed by atoms with Crippen molar-refractivity contribution in [3.63, 3.8) is 0 Å². The van der Waals surface area contributed by atoms with Crippen LogP contribution in [0.25, 0.3) is 0 Å². The van der Waals surface area contributed by atoms with Crippen LogP contribution in [-0.4, -0.2) is 8.07 Å². The summed E-state index contributed by atoms with van der Waals surface area (Å²) in [5, 5.41) is 2.93. The van der Waals surface area contributed by atoms with Crippen LogP contribution in [0.1, 0.15) is 49.9 Å². The average molecular weight is 627 g/mol. The van der Waals surface area contributed by atoms with E-state index in [-0.39, 0.29) is 10.8 Å². The molecule has 0 spiro atoms. The molecule has 0 N–H and O–H groups in total. The van der Waals surface area contributed by atoms with E-state index in [1.54, 1.807) is 0 Å². The first-order valence-electron chi connectivity index (χ1n) is 16.8. The molecule has 3 heteroatoms. The third-order valence-electron chi connectivity index (χ3n) is 10.9. The summed E-state index contributed by atoms with van der Waals surface area (Å²) < 4.78 is 0. The highest BCUT2D eigenvalue weighted by Crippen LogP contribution is 2.53. The Labute approximate surface area is 281 Å². The molecular formula is C44H42N2Si. The number of rotatable bonds is 4. The average Bonchev–Trinajstić information content (AvgIpc) is 3.09. The monoisotopic (exact) mass is 626 g/mol. The van der Waals surface area contributed by atoms with Crippen LogP contribution in [0, 0.1) is 0 Å². The molecule has 232 valence electrons. The highest BCUT2D eigenvalue weighted by Gasteiger charge is 2.40. The summed E-state index contributed by atoms with van der Waals surface area (Å²) >= 11 is 0. The fourth-order valence-corrected chi connectivity index (χ4v) is 10.4. The Kier molecular flexibility index (Phi) is 6.65. The molecule has 0 aromatic heterocycles. The van der Waals surface area contributed by atoms with Crippen molar-refractivity contribution in [3.05, 3.63) is 168 Å². The van der Waals surface area contributed by atoms with Crippen LogP contribution in [0.4, 0.5) is 34.1 Å². The first-order valence-corrected chi connectivity index (χ1v) is 19.8. The second-order valence-electron chi connectivity index (χ2n) is 14.7. The lowest BCUT2D eigenvalue weighted by Gasteiger charge is -2.43. The number of para-hydroxylation sites is 4. The Morgan fingerprint density at radius 1 is 0.383 bits per heavy atom. The fraction of sp³-hybridized carbons (Fsp3) is 0.182. The molecule has 0 atom stereocenters. The molecule has 0 saturated heterocycles. The fourth-order valence-electron chi connectivity index (χ4n) is 8.06.